The van der Waals surface area contributed by atoms with Crippen LogP contribution >= 0.6 is 23.2 Å². The molecule has 5 nitrogen and oxygen atoms in total. The second-order valence-electron chi connectivity index (χ2n) is 6.22. The van der Waals surface area contributed by atoms with Gasteiger partial charge in [0.1, 0.15) is 18.2 Å². The molecular formula is C22H18Cl2FN3O2. The molecule has 0 aliphatic carbocycles. The first-order chi connectivity index (χ1) is 14.5. The van der Waals surface area contributed by atoms with Crippen molar-refractivity contribution in [3.8, 4) is 5.75 Å². The standard InChI is InChI=1S/C22H18Cl2FN3O2/c23-17-6-5-16(20(24)11-17)14-30-21-4-2-1-3-15(21)12-27-28-22(29)13-26-19-9-7-18(25)8-10-19/h1-12,26H,13-14H2,(H,28,29)/b27-12-. The molecule has 0 aliphatic rings. The molecule has 0 heterocycles. The molecule has 1 amide bonds. The van der Waals surface area contributed by atoms with E-state index >= 15 is 0 Å². The van der Waals surface area contributed by atoms with Crippen LogP contribution in [0.4, 0.5) is 10.1 Å². The summed E-state index contributed by atoms with van der Waals surface area (Å²) in [4.78, 5) is 11.9. The summed E-state index contributed by atoms with van der Waals surface area (Å²) in [6, 6.07) is 18.2. The normalized spacial score (nSPS) is 10.8. The van der Waals surface area contributed by atoms with Crippen molar-refractivity contribution in [2.75, 3.05) is 11.9 Å². The van der Waals surface area contributed by atoms with Gasteiger partial charge in [-0.2, -0.15) is 5.10 Å². The highest BCUT2D eigenvalue weighted by atomic mass is 35.5. The van der Waals surface area contributed by atoms with Crippen LogP contribution in [0.15, 0.2) is 71.8 Å². The van der Waals surface area contributed by atoms with Gasteiger partial charge in [-0.3, -0.25) is 4.79 Å². The lowest BCUT2D eigenvalue weighted by Crippen LogP contribution is -2.25. The number of hydrazone groups is 1. The Morgan fingerprint density at radius 1 is 1.07 bits per heavy atom. The van der Waals surface area contributed by atoms with Crippen LogP contribution in [0.2, 0.25) is 10.0 Å². The summed E-state index contributed by atoms with van der Waals surface area (Å²) in [6.07, 6.45) is 1.49. The highest BCUT2D eigenvalue weighted by molar-refractivity contribution is 6.35. The number of rotatable bonds is 8. The molecular weight excluding hydrogens is 428 g/mol. The van der Waals surface area contributed by atoms with E-state index in [9.17, 15) is 9.18 Å². The summed E-state index contributed by atoms with van der Waals surface area (Å²) in [6.45, 7) is 0.255. The third-order valence-electron chi connectivity index (χ3n) is 4.01. The van der Waals surface area contributed by atoms with Crippen molar-refractivity contribution in [1.82, 2.24) is 5.43 Å². The van der Waals surface area contributed by atoms with Gasteiger partial charge in [-0.1, -0.05) is 41.4 Å². The fourth-order valence-electron chi connectivity index (χ4n) is 2.48. The molecule has 0 aromatic heterocycles. The number of nitrogens with one attached hydrogen (secondary N) is 2. The predicted molar refractivity (Wildman–Crippen MR) is 118 cm³/mol. The maximum Gasteiger partial charge on any atom is 0.259 e. The van der Waals surface area contributed by atoms with E-state index in [0.29, 0.717) is 27.0 Å². The SMILES string of the molecule is O=C(CNc1ccc(F)cc1)N/N=C\c1ccccc1OCc1ccc(Cl)cc1Cl. The van der Waals surface area contributed by atoms with Crippen molar-refractivity contribution >= 4 is 41.0 Å². The molecule has 0 unspecified atom stereocenters. The lowest BCUT2D eigenvalue weighted by atomic mass is 10.2. The molecule has 2 N–H and O–H groups in total. The molecule has 0 aliphatic heterocycles. The first kappa shape index (κ1) is 21.6. The Hall–Kier alpha value is -3.09. The molecule has 0 spiro atoms. The number of benzene rings is 3. The number of anilines is 1. The van der Waals surface area contributed by atoms with Crippen LogP contribution in [0, 0.1) is 5.82 Å². The Balaban J connectivity index is 1.54. The lowest BCUT2D eigenvalue weighted by Gasteiger charge is -2.10. The molecule has 0 atom stereocenters. The van der Waals surface area contributed by atoms with Gasteiger partial charge in [-0.25, -0.2) is 9.82 Å². The number of nitrogens with zero attached hydrogens (tertiary/aromatic N) is 1. The maximum absolute atomic E-state index is 12.9. The second kappa shape index (κ2) is 10.6. The number of amides is 1. The van der Waals surface area contributed by atoms with Gasteiger partial charge in [0.25, 0.3) is 5.91 Å². The van der Waals surface area contributed by atoms with Gasteiger partial charge in [-0.05, 0) is 48.5 Å². The summed E-state index contributed by atoms with van der Waals surface area (Å²) < 4.78 is 18.7. The van der Waals surface area contributed by atoms with Crippen LogP contribution in [0.25, 0.3) is 0 Å². The molecule has 3 rings (SSSR count). The van der Waals surface area contributed by atoms with Gasteiger partial charge >= 0.3 is 0 Å². The minimum absolute atomic E-state index is 0.00378. The minimum Gasteiger partial charge on any atom is -0.488 e. The van der Waals surface area contributed by atoms with Crippen molar-refractivity contribution in [2.45, 2.75) is 6.61 Å². The molecule has 0 saturated heterocycles. The Kier molecular flexibility index (Phi) is 7.65. The van der Waals surface area contributed by atoms with E-state index in [1.54, 1.807) is 36.4 Å². The molecule has 3 aromatic rings. The highest BCUT2D eigenvalue weighted by Crippen LogP contribution is 2.23. The van der Waals surface area contributed by atoms with Gasteiger partial charge in [0.05, 0.1) is 12.8 Å². The molecule has 8 heteroatoms. The van der Waals surface area contributed by atoms with Gasteiger partial charge in [0.2, 0.25) is 0 Å². The van der Waals surface area contributed by atoms with E-state index in [-0.39, 0.29) is 24.9 Å². The zero-order chi connectivity index (χ0) is 21.3. The number of hydrogen-bond donors (Lipinski definition) is 2. The van der Waals surface area contributed by atoms with Crippen molar-refractivity contribution < 1.29 is 13.9 Å². The van der Waals surface area contributed by atoms with Gasteiger partial charge in [0, 0.05) is 26.9 Å². The summed E-state index contributed by atoms with van der Waals surface area (Å²) in [7, 11) is 0. The summed E-state index contributed by atoms with van der Waals surface area (Å²) in [5, 5.41) is 7.92. The molecule has 154 valence electrons. The topological polar surface area (TPSA) is 62.7 Å². The Bertz CT molecular complexity index is 1040. The number of halogens is 3. The molecule has 0 fully saturated rings. The van der Waals surface area contributed by atoms with Crippen LogP contribution < -0.4 is 15.5 Å². The summed E-state index contributed by atoms with van der Waals surface area (Å²) >= 11 is 12.1. The molecule has 3 aromatic carbocycles. The van der Waals surface area contributed by atoms with Crippen LogP contribution in [0.3, 0.4) is 0 Å². The Morgan fingerprint density at radius 2 is 1.83 bits per heavy atom. The fourth-order valence-corrected chi connectivity index (χ4v) is 2.94. The predicted octanol–water partition coefficient (Wildman–Crippen LogP) is 5.27. The third kappa shape index (κ3) is 6.47. The molecule has 0 radical (unpaired) electrons. The second-order valence-corrected chi connectivity index (χ2v) is 7.06. The first-order valence-electron chi connectivity index (χ1n) is 8.98. The van der Waals surface area contributed by atoms with Crippen LogP contribution in [-0.2, 0) is 11.4 Å². The number of carbonyl (C=O) groups is 1. The highest BCUT2D eigenvalue weighted by Gasteiger charge is 2.06. The zero-order valence-electron chi connectivity index (χ0n) is 15.7. The van der Waals surface area contributed by atoms with Gasteiger partial charge in [0.15, 0.2) is 0 Å². The molecule has 0 bridgehead atoms. The monoisotopic (exact) mass is 445 g/mol. The average molecular weight is 446 g/mol. The number of ether oxygens (including phenoxy) is 1. The zero-order valence-corrected chi connectivity index (χ0v) is 17.3. The van der Waals surface area contributed by atoms with Crippen molar-refractivity contribution in [2.24, 2.45) is 5.10 Å². The van der Waals surface area contributed by atoms with Crippen LogP contribution in [0.5, 0.6) is 5.75 Å². The summed E-state index contributed by atoms with van der Waals surface area (Å²) in [5.41, 5.74) is 4.55. The van der Waals surface area contributed by atoms with Crippen molar-refractivity contribution in [3.05, 3.63) is 93.7 Å². The largest absolute Gasteiger partial charge is 0.488 e. The van der Waals surface area contributed by atoms with Crippen molar-refractivity contribution in [3.63, 3.8) is 0 Å². The summed E-state index contributed by atoms with van der Waals surface area (Å²) in [5.74, 6) is -0.0957. The van der Waals surface area contributed by atoms with E-state index in [2.05, 4.69) is 15.8 Å². The number of carbonyl (C=O) groups excluding carboxylic acids is 1. The van der Waals surface area contributed by atoms with Crippen molar-refractivity contribution in [1.29, 1.82) is 0 Å². The average Bonchev–Trinajstić information content (AvgIpc) is 2.73. The molecule has 30 heavy (non-hydrogen) atoms. The van der Waals surface area contributed by atoms with E-state index in [4.69, 9.17) is 27.9 Å². The fraction of sp³-hybridized carbons (Fsp3) is 0.0909. The smallest absolute Gasteiger partial charge is 0.259 e. The lowest BCUT2D eigenvalue weighted by molar-refractivity contribution is -0.119. The van der Waals surface area contributed by atoms with Crippen LogP contribution in [-0.4, -0.2) is 18.7 Å². The Labute approximate surface area is 183 Å². The maximum atomic E-state index is 12.9. The third-order valence-corrected chi connectivity index (χ3v) is 4.59. The first-order valence-corrected chi connectivity index (χ1v) is 9.74. The van der Waals surface area contributed by atoms with Gasteiger partial charge in [-0.15, -0.1) is 0 Å². The Morgan fingerprint density at radius 3 is 2.60 bits per heavy atom. The minimum atomic E-state index is -0.345. The van der Waals surface area contributed by atoms with E-state index in [0.717, 1.165) is 5.56 Å². The number of hydrogen-bond acceptors (Lipinski definition) is 4. The van der Waals surface area contributed by atoms with E-state index in [1.807, 2.05) is 18.2 Å². The molecule has 0 saturated carbocycles. The van der Waals surface area contributed by atoms with E-state index in [1.165, 1.54) is 18.3 Å². The quantitative estimate of drug-likeness (QED) is 0.366. The van der Waals surface area contributed by atoms with Gasteiger partial charge < -0.3 is 10.1 Å². The number of para-hydroxylation sites is 1. The van der Waals surface area contributed by atoms with E-state index < -0.39 is 0 Å². The van der Waals surface area contributed by atoms with Crippen LogP contribution in [0.1, 0.15) is 11.1 Å².